The van der Waals surface area contributed by atoms with Gasteiger partial charge in [-0.3, -0.25) is 4.79 Å². The van der Waals surface area contributed by atoms with Crippen molar-refractivity contribution in [3.05, 3.63) is 76.4 Å². The first-order chi connectivity index (χ1) is 8.34. The van der Waals surface area contributed by atoms with Gasteiger partial charge >= 0.3 is 0 Å². The summed E-state index contributed by atoms with van der Waals surface area (Å²) in [5, 5.41) is 0. The third-order valence-corrected chi connectivity index (χ3v) is 3.67. The van der Waals surface area contributed by atoms with Crippen molar-refractivity contribution < 1.29 is 4.79 Å². The molecule has 1 heteroatoms. The van der Waals surface area contributed by atoms with E-state index in [4.69, 9.17) is 0 Å². The Balaban J connectivity index is 1.97. The van der Waals surface area contributed by atoms with Crippen LogP contribution in [-0.2, 0) is 11.2 Å². The van der Waals surface area contributed by atoms with Gasteiger partial charge in [0, 0.05) is 17.6 Å². The summed E-state index contributed by atoms with van der Waals surface area (Å²) in [6.07, 6.45) is 8.81. The lowest BCUT2D eigenvalue weighted by Crippen LogP contribution is -2.11. The van der Waals surface area contributed by atoms with Crippen LogP contribution in [0.1, 0.15) is 11.1 Å². The zero-order valence-corrected chi connectivity index (χ0v) is 9.23. The summed E-state index contributed by atoms with van der Waals surface area (Å²) in [5.74, 6) is 0.207. The molecule has 0 aliphatic heterocycles. The van der Waals surface area contributed by atoms with Gasteiger partial charge in [-0.1, -0.05) is 42.5 Å². The molecule has 0 saturated heterocycles. The van der Waals surface area contributed by atoms with Crippen molar-refractivity contribution in [2.75, 3.05) is 0 Å². The standard InChI is InChI=1S/C16H10O/c17-16-13-7-3-5-11(13)8-14-12-6-2-1-4-10(12)9-15(14)16/h1-8H,9H2. The maximum atomic E-state index is 12.3. The van der Waals surface area contributed by atoms with Crippen molar-refractivity contribution in [1.82, 2.24) is 0 Å². The van der Waals surface area contributed by atoms with Gasteiger partial charge in [0.1, 0.15) is 0 Å². The number of fused-ring (bicyclic) bond motifs is 3. The normalized spacial score (nSPS) is 19.9. The van der Waals surface area contributed by atoms with Crippen molar-refractivity contribution in [3.63, 3.8) is 0 Å². The predicted octanol–water partition coefficient (Wildman–Crippen LogP) is 3.00. The minimum atomic E-state index is 0.207. The van der Waals surface area contributed by atoms with Crippen LogP contribution in [0, 0.1) is 0 Å². The summed E-state index contributed by atoms with van der Waals surface area (Å²) in [6, 6.07) is 8.29. The molecule has 0 amide bonds. The fourth-order valence-electron chi connectivity index (χ4n) is 2.84. The third kappa shape index (κ3) is 1.06. The molecule has 0 atom stereocenters. The van der Waals surface area contributed by atoms with Crippen LogP contribution in [0.15, 0.2) is 65.3 Å². The molecule has 0 radical (unpaired) electrons. The molecule has 4 rings (SSSR count). The first-order valence-electron chi connectivity index (χ1n) is 5.81. The summed E-state index contributed by atoms with van der Waals surface area (Å²) in [5.41, 5.74) is 6.51. The quantitative estimate of drug-likeness (QED) is 0.654. The van der Waals surface area contributed by atoms with Gasteiger partial charge in [0.2, 0.25) is 0 Å². The summed E-state index contributed by atoms with van der Waals surface area (Å²) in [7, 11) is 0. The van der Waals surface area contributed by atoms with E-state index in [1.54, 1.807) is 0 Å². The second-order valence-corrected chi connectivity index (χ2v) is 4.59. The Bertz CT molecular complexity index is 681. The van der Waals surface area contributed by atoms with Gasteiger partial charge in [-0.05, 0) is 28.3 Å². The zero-order chi connectivity index (χ0) is 11.4. The lowest BCUT2D eigenvalue weighted by molar-refractivity contribution is -0.112. The van der Waals surface area contributed by atoms with Crippen molar-refractivity contribution in [3.8, 4) is 0 Å². The second kappa shape index (κ2) is 2.95. The number of carbonyl (C=O) groups is 1. The topological polar surface area (TPSA) is 17.1 Å². The van der Waals surface area contributed by atoms with Gasteiger partial charge in [0.15, 0.2) is 5.78 Å². The summed E-state index contributed by atoms with van der Waals surface area (Å²) >= 11 is 0. The molecule has 3 aliphatic rings. The Morgan fingerprint density at radius 2 is 2.00 bits per heavy atom. The van der Waals surface area contributed by atoms with Crippen molar-refractivity contribution in [1.29, 1.82) is 0 Å². The van der Waals surface area contributed by atoms with E-state index in [-0.39, 0.29) is 5.78 Å². The average molecular weight is 218 g/mol. The predicted molar refractivity (Wildman–Crippen MR) is 67.4 cm³/mol. The average Bonchev–Trinajstić information content (AvgIpc) is 2.94. The molecule has 17 heavy (non-hydrogen) atoms. The van der Waals surface area contributed by atoms with E-state index in [9.17, 15) is 4.79 Å². The minimum absolute atomic E-state index is 0.207. The van der Waals surface area contributed by atoms with Gasteiger partial charge in [0.25, 0.3) is 0 Å². The van der Waals surface area contributed by atoms with Gasteiger partial charge in [-0.15, -0.1) is 0 Å². The molecule has 0 unspecified atom stereocenters. The van der Waals surface area contributed by atoms with Gasteiger partial charge in [-0.2, -0.15) is 0 Å². The molecular weight excluding hydrogens is 208 g/mol. The Labute approximate surface area is 99.5 Å². The number of hydrogen-bond acceptors (Lipinski definition) is 1. The highest BCUT2D eigenvalue weighted by Gasteiger charge is 2.31. The number of benzene rings is 1. The van der Waals surface area contributed by atoms with Gasteiger partial charge in [0.05, 0.1) is 0 Å². The van der Waals surface area contributed by atoms with Crippen LogP contribution >= 0.6 is 0 Å². The van der Waals surface area contributed by atoms with E-state index >= 15 is 0 Å². The monoisotopic (exact) mass is 218 g/mol. The van der Waals surface area contributed by atoms with Crippen molar-refractivity contribution in [2.45, 2.75) is 6.42 Å². The van der Waals surface area contributed by atoms with E-state index in [0.717, 1.165) is 28.7 Å². The molecule has 1 aromatic rings. The Morgan fingerprint density at radius 3 is 2.94 bits per heavy atom. The number of hydrogen-bond donors (Lipinski definition) is 0. The molecule has 0 spiro atoms. The van der Waals surface area contributed by atoms with E-state index in [1.165, 1.54) is 11.1 Å². The first kappa shape index (κ1) is 8.94. The lowest BCUT2D eigenvalue weighted by atomic mass is 9.89. The largest absolute Gasteiger partial charge is 0.289 e. The van der Waals surface area contributed by atoms with Crippen LogP contribution in [0.4, 0.5) is 0 Å². The van der Waals surface area contributed by atoms with Crippen LogP contribution in [0.2, 0.25) is 0 Å². The molecule has 1 nitrogen and oxygen atoms in total. The van der Waals surface area contributed by atoms with Gasteiger partial charge in [-0.25, -0.2) is 0 Å². The molecule has 80 valence electrons. The zero-order valence-electron chi connectivity index (χ0n) is 9.23. The van der Waals surface area contributed by atoms with Crippen LogP contribution < -0.4 is 0 Å². The third-order valence-electron chi connectivity index (χ3n) is 3.67. The molecule has 0 N–H and O–H groups in total. The first-order valence-corrected chi connectivity index (χ1v) is 5.81. The number of ketones is 1. The van der Waals surface area contributed by atoms with Crippen LogP contribution in [0.5, 0.6) is 0 Å². The molecule has 1 aromatic carbocycles. The summed E-state index contributed by atoms with van der Waals surface area (Å²) in [6.45, 7) is 0. The molecule has 3 aliphatic carbocycles. The van der Waals surface area contributed by atoms with E-state index in [0.29, 0.717) is 0 Å². The highest BCUT2D eigenvalue weighted by atomic mass is 16.1. The highest BCUT2D eigenvalue weighted by molar-refractivity contribution is 6.21. The number of carbonyl (C=O) groups excluding carboxylic acids is 1. The molecule has 0 saturated carbocycles. The van der Waals surface area contributed by atoms with Crippen molar-refractivity contribution >= 4 is 11.4 Å². The van der Waals surface area contributed by atoms with Crippen LogP contribution in [0.25, 0.3) is 5.57 Å². The van der Waals surface area contributed by atoms with Gasteiger partial charge < -0.3 is 0 Å². The maximum absolute atomic E-state index is 12.3. The molecule has 0 heterocycles. The number of Topliss-reactive ketones (excluding diaryl/α,β-unsaturated/α-hetero) is 1. The smallest absolute Gasteiger partial charge is 0.190 e. The van der Waals surface area contributed by atoms with E-state index < -0.39 is 0 Å². The summed E-state index contributed by atoms with van der Waals surface area (Å²) < 4.78 is 0. The van der Waals surface area contributed by atoms with Crippen LogP contribution in [0.3, 0.4) is 0 Å². The van der Waals surface area contributed by atoms with E-state index in [1.807, 2.05) is 30.4 Å². The molecule has 0 fully saturated rings. The SMILES string of the molecule is O=C1C2=CC=CC2=CC2=C1Cc1ccccc12. The van der Waals surface area contributed by atoms with Crippen LogP contribution in [-0.4, -0.2) is 5.78 Å². The minimum Gasteiger partial charge on any atom is -0.289 e. The Hall–Kier alpha value is -2.15. The fraction of sp³-hybridized carbons (Fsp3) is 0.0625. The number of rotatable bonds is 0. The fourth-order valence-corrected chi connectivity index (χ4v) is 2.84. The Morgan fingerprint density at radius 1 is 1.12 bits per heavy atom. The second-order valence-electron chi connectivity index (χ2n) is 4.59. The lowest BCUT2D eigenvalue weighted by Gasteiger charge is -2.13. The number of allylic oxidation sites excluding steroid dienone is 8. The molecule has 0 aromatic heterocycles. The Kier molecular flexibility index (Phi) is 1.55. The van der Waals surface area contributed by atoms with E-state index in [2.05, 4.69) is 18.2 Å². The molecular formula is C16H10O. The van der Waals surface area contributed by atoms with Crippen molar-refractivity contribution in [2.24, 2.45) is 0 Å². The highest BCUT2D eigenvalue weighted by Crippen LogP contribution is 2.41. The summed E-state index contributed by atoms with van der Waals surface area (Å²) in [4.78, 5) is 12.3. The maximum Gasteiger partial charge on any atom is 0.190 e. The molecule has 0 bridgehead atoms.